The molecule has 1 aliphatic heterocycles. The second-order valence-corrected chi connectivity index (χ2v) is 7.36. The van der Waals surface area contributed by atoms with E-state index in [1.54, 1.807) is 0 Å². The summed E-state index contributed by atoms with van der Waals surface area (Å²) in [6, 6.07) is 9.45. The first-order valence-electron chi connectivity index (χ1n) is 9.37. The average molecular weight is 446 g/mol. The molecule has 0 aliphatic carbocycles. The first-order valence-corrected chi connectivity index (χ1v) is 9.75. The molecule has 1 fully saturated rings. The van der Waals surface area contributed by atoms with Crippen LogP contribution in [-0.4, -0.2) is 51.5 Å². The van der Waals surface area contributed by atoms with Gasteiger partial charge in [0, 0.05) is 23.6 Å². The molecule has 1 unspecified atom stereocenters. The number of benzene rings is 2. The highest BCUT2D eigenvalue weighted by Crippen LogP contribution is 2.41. The van der Waals surface area contributed by atoms with Crippen molar-refractivity contribution in [2.75, 3.05) is 13.7 Å². The molecule has 0 spiro atoms. The van der Waals surface area contributed by atoms with Gasteiger partial charge in [0.15, 0.2) is 11.5 Å². The number of amides is 1. The molecule has 31 heavy (non-hydrogen) atoms. The lowest BCUT2D eigenvalue weighted by Crippen LogP contribution is -2.31. The number of aromatic hydroxyl groups is 1. The lowest BCUT2D eigenvalue weighted by molar-refractivity contribution is -0.140. The van der Waals surface area contributed by atoms with E-state index in [9.17, 15) is 24.6 Å². The van der Waals surface area contributed by atoms with E-state index in [1.165, 1.54) is 54.5 Å². The molecule has 3 N–H and O–H groups in total. The Labute approximate surface area is 182 Å². The highest BCUT2D eigenvalue weighted by Gasteiger charge is 2.46. The van der Waals surface area contributed by atoms with Crippen molar-refractivity contribution in [1.29, 1.82) is 0 Å². The van der Waals surface area contributed by atoms with Crippen LogP contribution in [0, 0.1) is 0 Å². The Morgan fingerprint density at radius 2 is 1.81 bits per heavy atom. The average Bonchev–Trinajstić information content (AvgIpc) is 2.99. The van der Waals surface area contributed by atoms with Crippen molar-refractivity contribution in [2.45, 2.75) is 18.9 Å². The Bertz CT molecular complexity index is 1060. The number of likely N-dealkylation sites (tertiary alicyclic amines) is 1. The number of hydrogen-bond acceptors (Lipinski definition) is 6. The Kier molecular flexibility index (Phi) is 6.50. The molecule has 2 aromatic carbocycles. The van der Waals surface area contributed by atoms with Gasteiger partial charge in [0.25, 0.3) is 11.7 Å². The van der Waals surface area contributed by atoms with E-state index in [1.807, 2.05) is 0 Å². The van der Waals surface area contributed by atoms with Crippen molar-refractivity contribution in [2.24, 2.45) is 0 Å². The van der Waals surface area contributed by atoms with Crippen molar-refractivity contribution in [1.82, 2.24) is 4.90 Å². The maximum atomic E-state index is 12.9. The normalized spacial score (nSPS) is 17.7. The van der Waals surface area contributed by atoms with Gasteiger partial charge < -0.3 is 25.0 Å². The largest absolute Gasteiger partial charge is 0.507 e. The van der Waals surface area contributed by atoms with Gasteiger partial charge in [-0.1, -0.05) is 17.7 Å². The van der Waals surface area contributed by atoms with Crippen LogP contribution >= 0.6 is 11.6 Å². The number of aliphatic carboxylic acids is 1. The minimum Gasteiger partial charge on any atom is -0.507 e. The molecule has 0 radical (unpaired) electrons. The maximum absolute atomic E-state index is 12.9. The molecular weight excluding hydrogens is 426 g/mol. The van der Waals surface area contributed by atoms with E-state index in [0.717, 1.165) is 0 Å². The van der Waals surface area contributed by atoms with Crippen LogP contribution < -0.4 is 4.74 Å². The number of carbonyl (C=O) groups is 3. The molecule has 162 valence electrons. The number of aliphatic hydroxyl groups excluding tert-OH is 1. The minimum atomic E-state index is -1.03. The number of carboxylic acids is 1. The lowest BCUT2D eigenvalue weighted by atomic mass is 9.95. The topological polar surface area (TPSA) is 124 Å². The smallest absolute Gasteiger partial charge is 0.303 e. The van der Waals surface area contributed by atoms with E-state index >= 15 is 0 Å². The fourth-order valence-electron chi connectivity index (χ4n) is 3.49. The van der Waals surface area contributed by atoms with Crippen LogP contribution in [0.3, 0.4) is 0 Å². The minimum absolute atomic E-state index is 0.0118. The zero-order chi connectivity index (χ0) is 22.7. The van der Waals surface area contributed by atoms with Crippen LogP contribution in [0.5, 0.6) is 11.5 Å². The highest BCUT2D eigenvalue weighted by atomic mass is 35.5. The summed E-state index contributed by atoms with van der Waals surface area (Å²) in [5.41, 5.74) is 0.568. The summed E-state index contributed by atoms with van der Waals surface area (Å²) < 4.78 is 5.13. The van der Waals surface area contributed by atoms with Crippen LogP contribution in [0.25, 0.3) is 5.76 Å². The van der Waals surface area contributed by atoms with Crippen LogP contribution in [0.2, 0.25) is 5.02 Å². The van der Waals surface area contributed by atoms with Gasteiger partial charge in [0.2, 0.25) is 0 Å². The number of phenols is 1. The number of rotatable bonds is 7. The number of ketones is 1. The maximum Gasteiger partial charge on any atom is 0.303 e. The van der Waals surface area contributed by atoms with E-state index in [4.69, 9.17) is 21.4 Å². The van der Waals surface area contributed by atoms with Crippen LogP contribution in [0.15, 0.2) is 48.0 Å². The molecule has 3 rings (SSSR count). The Balaban J connectivity index is 2.14. The molecule has 8 nitrogen and oxygen atoms in total. The Morgan fingerprint density at radius 1 is 1.13 bits per heavy atom. The first kappa shape index (κ1) is 22.2. The predicted octanol–water partition coefficient (Wildman–Crippen LogP) is 3.34. The molecule has 1 amide bonds. The highest BCUT2D eigenvalue weighted by molar-refractivity contribution is 6.46. The van der Waals surface area contributed by atoms with Gasteiger partial charge in [0.1, 0.15) is 5.76 Å². The number of Topliss-reactive ketones (excluding diaryl/α,β-unsaturated/α-hetero) is 1. The summed E-state index contributed by atoms with van der Waals surface area (Å²) in [6.45, 7) is -0.0118. The number of carboxylic acid groups (broad SMARTS) is 1. The molecule has 0 bridgehead atoms. The second kappa shape index (κ2) is 9.09. The van der Waals surface area contributed by atoms with Crippen LogP contribution in [0.4, 0.5) is 0 Å². The first-order chi connectivity index (χ1) is 14.7. The third-order valence-electron chi connectivity index (χ3n) is 4.97. The number of aliphatic hydroxyl groups is 1. The zero-order valence-corrected chi connectivity index (χ0v) is 17.3. The van der Waals surface area contributed by atoms with Crippen LogP contribution in [0.1, 0.15) is 30.0 Å². The summed E-state index contributed by atoms with van der Waals surface area (Å²) in [5.74, 6) is -3.15. The number of methoxy groups -OCH3 is 1. The molecule has 1 aliphatic rings. The molecule has 0 aromatic heterocycles. The third-order valence-corrected chi connectivity index (χ3v) is 5.22. The SMILES string of the molecule is COc1cc(C2C(=C(O)c3ccc(Cl)cc3)C(=O)C(=O)N2CCCC(=O)O)ccc1O. The fraction of sp³-hybridized carbons (Fsp3) is 0.227. The van der Waals surface area contributed by atoms with E-state index in [0.29, 0.717) is 16.1 Å². The molecule has 2 aromatic rings. The molecule has 1 heterocycles. The monoisotopic (exact) mass is 445 g/mol. The number of carbonyl (C=O) groups excluding carboxylic acids is 2. The van der Waals surface area contributed by atoms with Crippen molar-refractivity contribution in [3.8, 4) is 11.5 Å². The number of phenolic OH excluding ortho intramolecular Hbond substituents is 1. The van der Waals surface area contributed by atoms with Gasteiger partial charge in [-0.15, -0.1) is 0 Å². The van der Waals surface area contributed by atoms with Gasteiger partial charge in [-0.25, -0.2) is 0 Å². The summed E-state index contributed by atoms with van der Waals surface area (Å²) >= 11 is 5.89. The molecule has 1 atom stereocenters. The fourth-order valence-corrected chi connectivity index (χ4v) is 3.61. The van der Waals surface area contributed by atoms with Gasteiger partial charge in [0.05, 0.1) is 18.7 Å². The van der Waals surface area contributed by atoms with Crippen molar-refractivity contribution < 1.29 is 34.4 Å². The van der Waals surface area contributed by atoms with E-state index < -0.39 is 23.7 Å². The van der Waals surface area contributed by atoms with Gasteiger partial charge in [-0.3, -0.25) is 14.4 Å². The lowest BCUT2D eigenvalue weighted by Gasteiger charge is -2.25. The quantitative estimate of drug-likeness (QED) is 0.339. The Morgan fingerprint density at radius 3 is 2.42 bits per heavy atom. The Hall–Kier alpha value is -3.52. The van der Waals surface area contributed by atoms with Gasteiger partial charge >= 0.3 is 5.97 Å². The van der Waals surface area contributed by atoms with Crippen molar-refractivity contribution in [3.63, 3.8) is 0 Å². The van der Waals surface area contributed by atoms with Crippen molar-refractivity contribution >= 4 is 35.0 Å². The molecule has 0 saturated carbocycles. The summed E-state index contributed by atoms with van der Waals surface area (Å²) in [4.78, 5) is 37.8. The van der Waals surface area contributed by atoms with E-state index in [-0.39, 0.29) is 42.2 Å². The summed E-state index contributed by atoms with van der Waals surface area (Å²) in [5, 5.41) is 30.2. The molecular formula is C22H20ClNO7. The zero-order valence-electron chi connectivity index (χ0n) is 16.5. The number of nitrogens with zero attached hydrogens (tertiary/aromatic N) is 1. The molecule has 9 heteroatoms. The second-order valence-electron chi connectivity index (χ2n) is 6.93. The van der Waals surface area contributed by atoms with Gasteiger partial charge in [-0.05, 0) is 48.4 Å². The third kappa shape index (κ3) is 4.49. The standard InChI is InChI=1S/C22H20ClNO7/c1-31-16-11-13(6-9-15(16)25)19-18(20(28)12-4-7-14(23)8-5-12)21(29)22(30)24(19)10-2-3-17(26)27/h4-9,11,19,25,28H,2-3,10H2,1H3,(H,26,27). The van der Waals surface area contributed by atoms with Crippen LogP contribution in [-0.2, 0) is 14.4 Å². The number of halogens is 1. The summed E-state index contributed by atoms with van der Waals surface area (Å²) in [7, 11) is 1.36. The summed E-state index contributed by atoms with van der Waals surface area (Å²) in [6.07, 6.45) is -0.0686. The predicted molar refractivity (Wildman–Crippen MR) is 112 cm³/mol. The number of hydrogen-bond donors (Lipinski definition) is 3. The van der Waals surface area contributed by atoms with Gasteiger partial charge in [-0.2, -0.15) is 0 Å². The molecule has 1 saturated heterocycles. The van der Waals surface area contributed by atoms with Crippen molar-refractivity contribution in [3.05, 3.63) is 64.2 Å². The number of ether oxygens (including phenoxy) is 1. The van der Waals surface area contributed by atoms with E-state index in [2.05, 4.69) is 0 Å².